The summed E-state index contributed by atoms with van der Waals surface area (Å²) < 4.78 is 34.9. The predicted octanol–water partition coefficient (Wildman–Crippen LogP) is 1.16. The highest BCUT2D eigenvalue weighted by molar-refractivity contribution is 5.93. The molecule has 0 unspecified atom stereocenters. The first-order valence-corrected chi connectivity index (χ1v) is 12.6. The van der Waals surface area contributed by atoms with E-state index < -0.39 is 82.5 Å². The zero-order valence-electron chi connectivity index (χ0n) is 21.2. The summed E-state index contributed by atoms with van der Waals surface area (Å²) in [4.78, 5) is 37.3. The zero-order valence-corrected chi connectivity index (χ0v) is 21.2. The van der Waals surface area contributed by atoms with Crippen molar-refractivity contribution in [2.45, 2.75) is 102 Å². The molecule has 0 amide bonds. The highest BCUT2D eigenvalue weighted by Gasteiger charge is 2.82. The maximum atomic E-state index is 17.5. The van der Waals surface area contributed by atoms with Gasteiger partial charge in [-0.15, -0.1) is 0 Å². The Morgan fingerprint density at radius 1 is 1.19 bits per heavy atom. The van der Waals surface area contributed by atoms with Gasteiger partial charge in [0.2, 0.25) is 5.78 Å². The molecule has 0 bridgehead atoms. The van der Waals surface area contributed by atoms with Crippen LogP contribution in [0.2, 0.25) is 0 Å². The van der Waals surface area contributed by atoms with Crippen molar-refractivity contribution in [1.82, 2.24) is 0 Å². The molecule has 0 aromatic heterocycles. The first-order chi connectivity index (χ1) is 16.5. The van der Waals surface area contributed by atoms with Gasteiger partial charge in [-0.3, -0.25) is 14.4 Å². The molecule has 36 heavy (non-hydrogen) atoms. The van der Waals surface area contributed by atoms with Gasteiger partial charge < -0.3 is 29.5 Å². The van der Waals surface area contributed by atoms with Gasteiger partial charge in [0.25, 0.3) is 0 Å². The van der Waals surface area contributed by atoms with Gasteiger partial charge in [-0.25, -0.2) is 4.39 Å². The Bertz CT molecular complexity index is 1060. The number of hydrogen-bond donors (Lipinski definition) is 3. The maximum Gasteiger partial charge on any atom is 0.303 e. The van der Waals surface area contributed by atoms with Gasteiger partial charge in [0, 0.05) is 30.1 Å². The minimum absolute atomic E-state index is 0.0592. The Balaban J connectivity index is 1.65. The fourth-order valence-electron chi connectivity index (χ4n) is 8.46. The smallest absolute Gasteiger partial charge is 0.303 e. The molecule has 4 fully saturated rings. The molecule has 4 aliphatic carbocycles. The fraction of sp³-hybridized carbons (Fsp3) is 0.808. The van der Waals surface area contributed by atoms with Gasteiger partial charge in [0.1, 0.15) is 6.10 Å². The Kier molecular flexibility index (Phi) is 5.51. The van der Waals surface area contributed by atoms with Gasteiger partial charge >= 0.3 is 5.97 Å². The molecule has 9 nitrogen and oxygen atoms in total. The van der Waals surface area contributed by atoms with Crippen LogP contribution >= 0.6 is 0 Å². The number of ketones is 2. The molecule has 5 rings (SSSR count). The summed E-state index contributed by atoms with van der Waals surface area (Å²) in [6.07, 6.45) is -4.34. The minimum Gasteiger partial charge on any atom is -0.458 e. The molecule has 0 aromatic carbocycles. The van der Waals surface area contributed by atoms with Crippen LogP contribution in [0, 0.1) is 22.7 Å². The summed E-state index contributed by atoms with van der Waals surface area (Å²) >= 11 is 0. The lowest BCUT2D eigenvalue weighted by Crippen LogP contribution is -2.75. The largest absolute Gasteiger partial charge is 0.458 e. The number of esters is 1. The fourth-order valence-corrected chi connectivity index (χ4v) is 8.46. The normalized spacial score (nSPS) is 50.9. The van der Waals surface area contributed by atoms with Gasteiger partial charge in [-0.05, 0) is 50.7 Å². The molecule has 3 saturated carbocycles. The second-order valence-electron chi connectivity index (χ2n) is 12.2. The first kappa shape index (κ1) is 25.9. The molecule has 10 heteroatoms. The molecular formula is C26H35FO9. The summed E-state index contributed by atoms with van der Waals surface area (Å²) in [5, 5.41) is 34.0. The lowest BCUT2D eigenvalue weighted by molar-refractivity contribution is -0.275. The predicted molar refractivity (Wildman–Crippen MR) is 121 cm³/mol. The number of Topliss-reactive ketones (excluding diaryl/α,β-unsaturated/α-hetero) is 1. The summed E-state index contributed by atoms with van der Waals surface area (Å²) in [5.74, 6) is -4.63. The van der Waals surface area contributed by atoms with E-state index in [1.54, 1.807) is 27.7 Å². The second-order valence-corrected chi connectivity index (χ2v) is 12.2. The van der Waals surface area contributed by atoms with Crippen molar-refractivity contribution < 1.29 is 48.3 Å². The molecule has 0 radical (unpaired) electrons. The number of ether oxygens (including phenoxy) is 3. The Morgan fingerprint density at radius 3 is 2.50 bits per heavy atom. The SMILES string of the molecule is CC(=O)OCC(=O)[C@@]12OC(C)(C)O[C@@H]1C[C@H]1[C@@H]3[C@@H](O)[C@@H](O)C4=CC(=O)CC[C@]4(C)[C@@]3(F)[C@@H](O)C[C@@]12C. The Labute approximate surface area is 209 Å². The Hall–Kier alpha value is -1.72. The number of fused-ring (bicyclic) bond motifs is 7. The molecular weight excluding hydrogens is 475 g/mol. The van der Waals surface area contributed by atoms with E-state index in [9.17, 15) is 29.7 Å². The molecule has 1 heterocycles. The topological polar surface area (TPSA) is 140 Å². The number of alkyl halides is 1. The van der Waals surface area contributed by atoms with E-state index in [1.807, 2.05) is 0 Å². The summed E-state index contributed by atoms with van der Waals surface area (Å²) in [6, 6.07) is 0. The molecule has 10 atom stereocenters. The minimum atomic E-state index is -2.38. The highest BCUT2D eigenvalue weighted by atomic mass is 19.1. The van der Waals surface area contributed by atoms with Crippen molar-refractivity contribution in [3.05, 3.63) is 11.6 Å². The monoisotopic (exact) mass is 510 g/mol. The van der Waals surface area contributed by atoms with Crippen LogP contribution in [-0.2, 0) is 28.6 Å². The average molecular weight is 511 g/mol. The van der Waals surface area contributed by atoms with Crippen molar-refractivity contribution in [3.63, 3.8) is 0 Å². The highest BCUT2D eigenvalue weighted by Crippen LogP contribution is 2.72. The van der Waals surface area contributed by atoms with E-state index in [-0.39, 0.29) is 37.0 Å². The summed E-state index contributed by atoms with van der Waals surface area (Å²) in [6.45, 7) is 7.22. The van der Waals surface area contributed by atoms with Gasteiger partial charge in [-0.2, -0.15) is 0 Å². The van der Waals surface area contributed by atoms with Crippen LogP contribution in [0.25, 0.3) is 0 Å². The van der Waals surface area contributed by atoms with Crippen LogP contribution in [0.1, 0.15) is 60.3 Å². The zero-order chi connectivity index (χ0) is 26.6. The number of aliphatic hydroxyl groups is 3. The molecule has 0 aromatic rings. The van der Waals surface area contributed by atoms with Crippen LogP contribution in [-0.4, -0.2) is 80.9 Å². The van der Waals surface area contributed by atoms with E-state index >= 15 is 4.39 Å². The number of rotatable bonds is 3. The average Bonchev–Trinajstić information content (AvgIpc) is 3.18. The molecule has 1 aliphatic heterocycles. The Morgan fingerprint density at radius 2 is 1.86 bits per heavy atom. The van der Waals surface area contributed by atoms with Crippen molar-refractivity contribution in [2.24, 2.45) is 22.7 Å². The van der Waals surface area contributed by atoms with Gasteiger partial charge in [-0.1, -0.05) is 13.8 Å². The quantitative estimate of drug-likeness (QED) is 0.477. The third kappa shape index (κ3) is 2.96. The van der Waals surface area contributed by atoms with E-state index in [2.05, 4.69) is 0 Å². The lowest BCUT2D eigenvalue weighted by Gasteiger charge is -2.65. The van der Waals surface area contributed by atoms with Crippen LogP contribution in [0.15, 0.2) is 11.6 Å². The number of aliphatic hydroxyl groups excluding tert-OH is 3. The van der Waals surface area contributed by atoms with E-state index in [0.29, 0.717) is 0 Å². The van der Waals surface area contributed by atoms with Crippen LogP contribution in [0.4, 0.5) is 4.39 Å². The van der Waals surface area contributed by atoms with E-state index in [1.165, 1.54) is 13.0 Å². The van der Waals surface area contributed by atoms with Crippen LogP contribution in [0.3, 0.4) is 0 Å². The molecule has 0 spiro atoms. The number of carbonyl (C=O) groups is 3. The van der Waals surface area contributed by atoms with Crippen LogP contribution < -0.4 is 0 Å². The molecule has 200 valence electrons. The lowest BCUT2D eigenvalue weighted by atomic mass is 9.42. The van der Waals surface area contributed by atoms with E-state index in [4.69, 9.17) is 14.2 Å². The number of carbonyl (C=O) groups excluding carboxylic acids is 3. The number of hydrogen-bond acceptors (Lipinski definition) is 9. The molecule has 5 aliphatic rings. The second kappa shape index (κ2) is 7.66. The van der Waals surface area contributed by atoms with E-state index in [0.717, 1.165) is 0 Å². The van der Waals surface area contributed by atoms with Crippen molar-refractivity contribution >= 4 is 17.5 Å². The number of halogens is 1. The van der Waals surface area contributed by atoms with Crippen molar-refractivity contribution in [2.75, 3.05) is 6.61 Å². The third-order valence-electron chi connectivity index (χ3n) is 9.94. The summed E-state index contributed by atoms with van der Waals surface area (Å²) in [5.41, 5.74) is -6.55. The van der Waals surface area contributed by atoms with Crippen molar-refractivity contribution in [1.29, 1.82) is 0 Å². The van der Waals surface area contributed by atoms with Crippen LogP contribution in [0.5, 0.6) is 0 Å². The van der Waals surface area contributed by atoms with Gasteiger partial charge in [0.15, 0.2) is 29.4 Å². The first-order valence-electron chi connectivity index (χ1n) is 12.6. The molecule has 3 N–H and O–H groups in total. The van der Waals surface area contributed by atoms with Crippen molar-refractivity contribution in [3.8, 4) is 0 Å². The molecule has 1 saturated heterocycles. The standard InChI is InChI=1S/C26H35FO9/c1-12(28)34-11-17(31)26-18(35-22(2,3)36-26)9-14-19-21(33)20(32)15-8-13(29)6-7-23(15,4)25(19,27)16(30)10-24(14,26)5/h8,14,16,18-21,30,32-33H,6-7,9-11H2,1-5H3/t14-,16-,18+,19+,20-,21+,23-,24-,25+,26+/m0/s1. The third-order valence-corrected chi connectivity index (χ3v) is 9.94. The van der Waals surface area contributed by atoms with Gasteiger partial charge in [0.05, 0.1) is 18.3 Å². The summed E-state index contributed by atoms with van der Waals surface area (Å²) in [7, 11) is 0. The maximum absolute atomic E-state index is 17.5.